The van der Waals surface area contributed by atoms with Crippen LogP contribution in [0.3, 0.4) is 0 Å². The van der Waals surface area contributed by atoms with E-state index in [0.717, 1.165) is 17.0 Å². The van der Waals surface area contributed by atoms with Crippen LogP contribution in [0.5, 0.6) is 0 Å². The van der Waals surface area contributed by atoms with Crippen LogP contribution in [0, 0.1) is 18.6 Å². The molecule has 1 nitrogen and oxygen atoms in total. The fourth-order valence-corrected chi connectivity index (χ4v) is 3.07. The van der Waals surface area contributed by atoms with Gasteiger partial charge in [0.05, 0.1) is 10.6 Å². The second-order valence-corrected chi connectivity index (χ2v) is 6.03. The zero-order chi connectivity index (χ0) is 13.1. The highest BCUT2D eigenvalue weighted by molar-refractivity contribution is 8.00. The predicted octanol–water partition coefficient (Wildman–Crippen LogP) is 4.31. The van der Waals surface area contributed by atoms with E-state index in [2.05, 4.69) is 0 Å². The molecule has 0 amide bonds. The molecule has 0 fully saturated rings. The molecule has 0 aliphatic rings. The first-order valence-electron chi connectivity index (χ1n) is 5.24. The minimum absolute atomic E-state index is 0.00262. The van der Waals surface area contributed by atoms with Crippen molar-refractivity contribution in [2.45, 2.75) is 11.8 Å². The van der Waals surface area contributed by atoms with Crippen LogP contribution in [0.25, 0.3) is 0 Å². The lowest BCUT2D eigenvalue weighted by molar-refractivity contribution is 0.102. The van der Waals surface area contributed by atoms with Crippen molar-refractivity contribution in [2.24, 2.45) is 0 Å². The van der Waals surface area contributed by atoms with E-state index in [1.165, 1.54) is 29.2 Å². The topological polar surface area (TPSA) is 17.1 Å². The Balaban J connectivity index is 1.99. The van der Waals surface area contributed by atoms with E-state index in [9.17, 15) is 13.6 Å². The molecule has 0 saturated carbocycles. The summed E-state index contributed by atoms with van der Waals surface area (Å²) in [5, 5.41) is 0. The third-order valence-electron chi connectivity index (χ3n) is 2.28. The number of rotatable bonds is 4. The average molecular weight is 284 g/mol. The average Bonchev–Trinajstić information content (AvgIpc) is 2.77. The Bertz CT molecular complexity index is 578. The molecule has 1 aromatic heterocycles. The molecule has 0 aliphatic heterocycles. The monoisotopic (exact) mass is 284 g/mol. The quantitative estimate of drug-likeness (QED) is 0.614. The van der Waals surface area contributed by atoms with Gasteiger partial charge in [-0.25, -0.2) is 8.78 Å². The number of carbonyl (C=O) groups is 1. The Morgan fingerprint density at radius 1 is 1.22 bits per heavy atom. The minimum atomic E-state index is -0.889. The summed E-state index contributed by atoms with van der Waals surface area (Å²) in [5.41, 5.74) is 0. The molecule has 2 aromatic rings. The van der Waals surface area contributed by atoms with Crippen LogP contribution >= 0.6 is 23.1 Å². The molecule has 2 rings (SSSR count). The number of ketones is 1. The van der Waals surface area contributed by atoms with E-state index in [4.69, 9.17) is 0 Å². The zero-order valence-corrected chi connectivity index (χ0v) is 11.2. The third kappa shape index (κ3) is 3.17. The Hall–Kier alpha value is -1.20. The molecule has 0 saturated heterocycles. The van der Waals surface area contributed by atoms with Crippen LogP contribution in [-0.4, -0.2) is 11.5 Å². The van der Waals surface area contributed by atoms with Gasteiger partial charge in [0.25, 0.3) is 0 Å². The Morgan fingerprint density at radius 2 is 2.00 bits per heavy atom. The molecule has 0 bridgehead atoms. The van der Waals surface area contributed by atoms with Crippen LogP contribution in [0.2, 0.25) is 0 Å². The van der Waals surface area contributed by atoms with E-state index in [1.807, 2.05) is 13.0 Å². The van der Waals surface area contributed by atoms with E-state index in [0.29, 0.717) is 9.77 Å². The van der Waals surface area contributed by atoms with Gasteiger partial charge in [-0.3, -0.25) is 4.79 Å². The lowest BCUT2D eigenvalue weighted by Gasteiger charge is -2.00. The first kappa shape index (κ1) is 13.2. The summed E-state index contributed by atoms with van der Waals surface area (Å²) in [6.45, 7) is 1.93. The van der Waals surface area contributed by atoms with Crippen LogP contribution in [-0.2, 0) is 0 Å². The molecule has 0 unspecified atom stereocenters. The fourth-order valence-electron chi connectivity index (χ4n) is 1.37. The van der Waals surface area contributed by atoms with Crippen molar-refractivity contribution in [2.75, 3.05) is 5.75 Å². The summed E-state index contributed by atoms with van der Waals surface area (Å²) in [5.74, 6) is -1.54. The van der Waals surface area contributed by atoms with Crippen molar-refractivity contribution in [3.05, 3.63) is 51.7 Å². The van der Waals surface area contributed by atoms with Crippen molar-refractivity contribution in [3.8, 4) is 0 Å². The highest BCUT2D eigenvalue weighted by Crippen LogP contribution is 2.23. The van der Waals surface area contributed by atoms with Crippen molar-refractivity contribution in [3.63, 3.8) is 0 Å². The van der Waals surface area contributed by atoms with Gasteiger partial charge in [-0.15, -0.1) is 23.1 Å². The second-order valence-electron chi connectivity index (χ2n) is 3.70. The summed E-state index contributed by atoms with van der Waals surface area (Å²) in [4.78, 5) is 14.1. The summed E-state index contributed by atoms with van der Waals surface area (Å²) < 4.78 is 25.7. The van der Waals surface area contributed by atoms with Crippen molar-refractivity contribution in [1.29, 1.82) is 0 Å². The van der Waals surface area contributed by atoms with E-state index in [1.54, 1.807) is 6.07 Å². The number of Topliss-reactive ketones (excluding diaryl/α,β-unsaturated/α-hetero) is 1. The lowest BCUT2D eigenvalue weighted by atomic mass is 10.3. The van der Waals surface area contributed by atoms with Gasteiger partial charge < -0.3 is 0 Å². The summed E-state index contributed by atoms with van der Waals surface area (Å²) >= 11 is 2.65. The zero-order valence-electron chi connectivity index (χ0n) is 9.57. The molecule has 94 valence electrons. The number of halogens is 2. The Kier molecular flexibility index (Phi) is 4.14. The molecule has 0 N–H and O–H groups in total. The molecule has 0 atom stereocenters. The normalized spacial score (nSPS) is 10.6. The standard InChI is InChI=1S/C13H10F2OS2/c1-8-2-5-13(18-8)12(16)7-17-9-3-4-10(14)11(15)6-9/h2-6H,7H2,1H3. The number of benzene rings is 1. The van der Waals surface area contributed by atoms with Crippen LogP contribution < -0.4 is 0 Å². The lowest BCUT2D eigenvalue weighted by Crippen LogP contribution is -1.99. The SMILES string of the molecule is Cc1ccc(C(=O)CSc2ccc(F)c(F)c2)s1. The minimum Gasteiger partial charge on any atom is -0.292 e. The molecule has 1 aromatic carbocycles. The maximum absolute atomic E-state index is 13.0. The molecule has 1 heterocycles. The van der Waals surface area contributed by atoms with E-state index in [-0.39, 0.29) is 11.5 Å². The molecular weight excluding hydrogens is 274 g/mol. The van der Waals surface area contributed by atoms with Gasteiger partial charge in [0.1, 0.15) is 0 Å². The highest BCUT2D eigenvalue weighted by atomic mass is 32.2. The number of carbonyl (C=O) groups excluding carboxylic acids is 1. The van der Waals surface area contributed by atoms with Crippen molar-refractivity contribution < 1.29 is 13.6 Å². The maximum atomic E-state index is 13.0. The van der Waals surface area contributed by atoms with Crippen molar-refractivity contribution in [1.82, 2.24) is 0 Å². The molecule has 0 radical (unpaired) electrons. The van der Waals surface area contributed by atoms with Gasteiger partial charge in [0, 0.05) is 9.77 Å². The fraction of sp³-hybridized carbons (Fsp3) is 0.154. The highest BCUT2D eigenvalue weighted by Gasteiger charge is 2.10. The van der Waals surface area contributed by atoms with Gasteiger partial charge in [0.2, 0.25) is 0 Å². The molecule has 0 spiro atoms. The largest absolute Gasteiger partial charge is 0.292 e. The van der Waals surface area contributed by atoms with Gasteiger partial charge in [-0.1, -0.05) is 0 Å². The summed E-state index contributed by atoms with van der Waals surface area (Å²) in [6.07, 6.45) is 0. The second kappa shape index (κ2) is 5.63. The van der Waals surface area contributed by atoms with Gasteiger partial charge >= 0.3 is 0 Å². The number of hydrogen-bond acceptors (Lipinski definition) is 3. The number of thiophene rings is 1. The van der Waals surface area contributed by atoms with Crippen LogP contribution in [0.15, 0.2) is 35.2 Å². The molecule has 18 heavy (non-hydrogen) atoms. The Labute approximate surface area is 112 Å². The molecule has 0 aliphatic carbocycles. The number of hydrogen-bond donors (Lipinski definition) is 0. The van der Waals surface area contributed by atoms with Crippen molar-refractivity contribution >= 4 is 28.9 Å². The first-order chi connectivity index (χ1) is 8.56. The first-order valence-corrected chi connectivity index (χ1v) is 7.04. The number of thioether (sulfide) groups is 1. The van der Waals surface area contributed by atoms with Gasteiger partial charge in [0.15, 0.2) is 17.4 Å². The Morgan fingerprint density at radius 3 is 2.61 bits per heavy atom. The summed E-state index contributed by atoms with van der Waals surface area (Å²) in [6, 6.07) is 7.31. The predicted molar refractivity (Wildman–Crippen MR) is 70.5 cm³/mol. The van der Waals surface area contributed by atoms with Crippen LogP contribution in [0.4, 0.5) is 8.78 Å². The smallest absolute Gasteiger partial charge is 0.182 e. The molecule has 5 heteroatoms. The van der Waals surface area contributed by atoms with E-state index >= 15 is 0 Å². The maximum Gasteiger partial charge on any atom is 0.182 e. The van der Waals surface area contributed by atoms with Gasteiger partial charge in [-0.05, 0) is 37.3 Å². The summed E-state index contributed by atoms with van der Waals surface area (Å²) in [7, 11) is 0. The number of aryl methyl sites for hydroxylation is 1. The van der Waals surface area contributed by atoms with E-state index < -0.39 is 11.6 Å². The van der Waals surface area contributed by atoms with Gasteiger partial charge in [-0.2, -0.15) is 0 Å². The van der Waals surface area contributed by atoms with Crippen LogP contribution in [0.1, 0.15) is 14.5 Å². The molecular formula is C13H10F2OS2. The third-order valence-corrected chi connectivity index (χ3v) is 4.31.